The Bertz CT molecular complexity index is 1130. The summed E-state index contributed by atoms with van der Waals surface area (Å²) in [5, 5.41) is 20.3. The van der Waals surface area contributed by atoms with Crippen molar-refractivity contribution in [2.24, 2.45) is 11.8 Å². The number of aryl methyl sites for hydroxylation is 1. The first-order valence-corrected chi connectivity index (χ1v) is 13.1. The van der Waals surface area contributed by atoms with Crippen LogP contribution in [0, 0.1) is 23.2 Å². The molecular formula is C28H33N3O2S. The van der Waals surface area contributed by atoms with Crippen molar-refractivity contribution < 1.29 is 9.84 Å². The molecular weight excluding hydrogens is 442 g/mol. The second-order valence-electron chi connectivity index (χ2n) is 9.03. The van der Waals surface area contributed by atoms with Gasteiger partial charge in [-0.2, -0.15) is 5.26 Å². The third-order valence-corrected chi connectivity index (χ3v) is 7.88. The van der Waals surface area contributed by atoms with E-state index >= 15 is 0 Å². The molecule has 0 saturated carbocycles. The molecule has 0 amide bonds. The van der Waals surface area contributed by atoms with E-state index in [4.69, 9.17) is 10.00 Å². The highest BCUT2D eigenvalue weighted by atomic mass is 32.2. The maximum Gasteiger partial charge on any atom is 0.119 e. The Kier molecular flexibility index (Phi) is 8.81. The van der Waals surface area contributed by atoms with Crippen molar-refractivity contribution in [2.45, 2.75) is 30.6 Å². The zero-order chi connectivity index (χ0) is 23.8. The molecule has 34 heavy (non-hydrogen) atoms. The summed E-state index contributed by atoms with van der Waals surface area (Å²) in [6.45, 7) is 3.33. The van der Waals surface area contributed by atoms with Crippen molar-refractivity contribution in [3.05, 3.63) is 65.9 Å². The van der Waals surface area contributed by atoms with Crippen molar-refractivity contribution >= 4 is 22.7 Å². The second-order valence-corrected chi connectivity index (χ2v) is 10.2. The maximum absolute atomic E-state index is 10.1. The standard InChI is InChI=1S/C28H33N3O2S/c1-33-25-8-9-28-27(17-25)23(10-12-30-28)6-3-5-22-11-13-31(19-24(22)20-32)14-15-34-26-7-2-4-21(16-26)18-29/h2,4,7-10,12,16-17,22,24,32H,3,5-6,11,13-15,19-20H2,1H3/t22-,24-/m1/s1. The quantitative estimate of drug-likeness (QED) is 0.409. The smallest absolute Gasteiger partial charge is 0.119 e. The van der Waals surface area contributed by atoms with Gasteiger partial charge in [0.2, 0.25) is 0 Å². The number of nitriles is 1. The van der Waals surface area contributed by atoms with Crippen LogP contribution in [0.3, 0.4) is 0 Å². The van der Waals surface area contributed by atoms with Gasteiger partial charge in [0.05, 0.1) is 24.3 Å². The first kappa shape index (κ1) is 24.5. The summed E-state index contributed by atoms with van der Waals surface area (Å²) in [5.74, 6) is 2.78. The molecule has 0 bridgehead atoms. The number of aromatic nitrogens is 1. The average Bonchev–Trinajstić information content (AvgIpc) is 2.89. The molecule has 178 valence electrons. The van der Waals surface area contributed by atoms with Gasteiger partial charge in [-0.05, 0) is 92.1 Å². The van der Waals surface area contributed by atoms with Crippen LogP contribution >= 0.6 is 11.8 Å². The highest BCUT2D eigenvalue weighted by Gasteiger charge is 2.28. The van der Waals surface area contributed by atoms with Crippen LogP contribution in [0.25, 0.3) is 10.9 Å². The van der Waals surface area contributed by atoms with E-state index in [1.807, 2.05) is 36.5 Å². The Morgan fingerprint density at radius 2 is 2.12 bits per heavy atom. The molecule has 2 atom stereocenters. The van der Waals surface area contributed by atoms with Crippen molar-refractivity contribution in [2.75, 3.05) is 39.1 Å². The van der Waals surface area contributed by atoms with Crippen LogP contribution in [0.2, 0.25) is 0 Å². The molecule has 1 saturated heterocycles. The number of aliphatic hydroxyl groups is 1. The molecule has 2 aromatic carbocycles. The lowest BCUT2D eigenvalue weighted by Gasteiger charge is -2.38. The topological polar surface area (TPSA) is 69.4 Å². The number of benzene rings is 2. The first-order valence-electron chi connectivity index (χ1n) is 12.1. The van der Waals surface area contributed by atoms with Gasteiger partial charge in [0, 0.05) is 41.9 Å². The van der Waals surface area contributed by atoms with Crippen LogP contribution in [0.5, 0.6) is 5.75 Å². The predicted octanol–water partition coefficient (Wildman–Crippen LogP) is 5.16. The minimum atomic E-state index is 0.258. The van der Waals surface area contributed by atoms with Gasteiger partial charge in [-0.15, -0.1) is 11.8 Å². The number of pyridine rings is 1. The third-order valence-electron chi connectivity index (χ3n) is 6.91. The summed E-state index contributed by atoms with van der Waals surface area (Å²) in [7, 11) is 1.70. The second kappa shape index (κ2) is 12.2. The Labute approximate surface area is 206 Å². The zero-order valence-corrected chi connectivity index (χ0v) is 20.6. The van der Waals surface area contributed by atoms with Crippen molar-refractivity contribution in [3.63, 3.8) is 0 Å². The number of hydrogen-bond acceptors (Lipinski definition) is 6. The number of ether oxygens (including phenoxy) is 1. The van der Waals surface area contributed by atoms with Crippen LogP contribution in [-0.4, -0.2) is 54.1 Å². The normalized spacial score (nSPS) is 18.6. The van der Waals surface area contributed by atoms with E-state index in [2.05, 4.69) is 34.2 Å². The van der Waals surface area contributed by atoms with Gasteiger partial charge in [-0.25, -0.2) is 0 Å². The summed E-state index contributed by atoms with van der Waals surface area (Å²) in [6, 6.07) is 18.2. The summed E-state index contributed by atoms with van der Waals surface area (Å²) in [4.78, 5) is 8.13. The lowest BCUT2D eigenvalue weighted by Crippen LogP contribution is -2.42. The number of likely N-dealkylation sites (tertiary alicyclic amines) is 1. The summed E-state index contributed by atoms with van der Waals surface area (Å²) in [5.41, 5.74) is 3.04. The maximum atomic E-state index is 10.1. The number of nitrogens with zero attached hydrogens (tertiary/aromatic N) is 3. The van der Waals surface area contributed by atoms with Crippen molar-refractivity contribution in [1.82, 2.24) is 9.88 Å². The third kappa shape index (κ3) is 6.29. The summed E-state index contributed by atoms with van der Waals surface area (Å²) in [6.07, 6.45) is 6.31. The lowest BCUT2D eigenvalue weighted by molar-refractivity contribution is 0.0710. The highest BCUT2D eigenvalue weighted by molar-refractivity contribution is 7.99. The Balaban J connectivity index is 1.25. The first-order chi connectivity index (χ1) is 16.7. The van der Waals surface area contributed by atoms with E-state index in [1.54, 1.807) is 18.9 Å². The zero-order valence-electron chi connectivity index (χ0n) is 19.8. The lowest BCUT2D eigenvalue weighted by atomic mass is 9.82. The number of rotatable bonds is 10. The monoisotopic (exact) mass is 475 g/mol. The minimum absolute atomic E-state index is 0.258. The molecule has 0 spiro atoms. The van der Waals surface area contributed by atoms with Crippen molar-refractivity contribution in [1.29, 1.82) is 5.26 Å². The molecule has 1 N–H and O–H groups in total. The van der Waals surface area contributed by atoms with Gasteiger partial charge in [0.1, 0.15) is 5.75 Å². The van der Waals surface area contributed by atoms with Gasteiger partial charge in [-0.3, -0.25) is 4.98 Å². The van der Waals surface area contributed by atoms with Gasteiger partial charge in [-0.1, -0.05) is 6.07 Å². The molecule has 1 aliphatic rings. The van der Waals surface area contributed by atoms with E-state index in [0.29, 0.717) is 17.4 Å². The fourth-order valence-corrected chi connectivity index (χ4v) is 5.95. The molecule has 6 heteroatoms. The predicted molar refractivity (Wildman–Crippen MR) is 138 cm³/mol. The fraction of sp³-hybridized carbons (Fsp3) is 0.429. The van der Waals surface area contributed by atoms with Crippen LogP contribution in [0.15, 0.2) is 59.6 Å². The molecule has 2 heterocycles. The van der Waals surface area contributed by atoms with Crippen LogP contribution in [0.4, 0.5) is 0 Å². The number of piperidine rings is 1. The highest BCUT2D eigenvalue weighted by Crippen LogP contribution is 2.30. The molecule has 0 aliphatic carbocycles. The molecule has 5 nitrogen and oxygen atoms in total. The molecule has 0 unspecified atom stereocenters. The van der Waals surface area contributed by atoms with E-state index < -0.39 is 0 Å². The van der Waals surface area contributed by atoms with E-state index in [0.717, 1.165) is 67.2 Å². The fourth-order valence-electron chi connectivity index (χ4n) is 4.98. The summed E-state index contributed by atoms with van der Waals surface area (Å²) < 4.78 is 5.40. The van der Waals surface area contributed by atoms with Gasteiger partial charge >= 0.3 is 0 Å². The number of aliphatic hydroxyl groups excluding tert-OH is 1. The van der Waals surface area contributed by atoms with Gasteiger partial charge in [0.15, 0.2) is 0 Å². The molecule has 1 aromatic heterocycles. The van der Waals surface area contributed by atoms with Crippen LogP contribution in [0.1, 0.15) is 30.4 Å². The number of fused-ring (bicyclic) bond motifs is 1. The SMILES string of the molecule is COc1ccc2nccc(CCC[C@@H]3CCN(CCSc4cccc(C#N)c4)C[C@@H]3CO)c2c1. The molecule has 3 aromatic rings. The summed E-state index contributed by atoms with van der Waals surface area (Å²) >= 11 is 1.80. The Morgan fingerprint density at radius 3 is 2.94 bits per heavy atom. The van der Waals surface area contributed by atoms with Crippen LogP contribution < -0.4 is 4.74 Å². The molecule has 0 radical (unpaired) electrons. The van der Waals surface area contributed by atoms with Gasteiger partial charge in [0.25, 0.3) is 0 Å². The number of hydrogen-bond donors (Lipinski definition) is 1. The number of thioether (sulfide) groups is 1. The molecule has 1 aliphatic heterocycles. The minimum Gasteiger partial charge on any atom is -0.497 e. The van der Waals surface area contributed by atoms with E-state index in [-0.39, 0.29) is 6.61 Å². The number of methoxy groups -OCH3 is 1. The Hall–Kier alpha value is -2.59. The average molecular weight is 476 g/mol. The molecule has 4 rings (SSSR count). The van der Waals surface area contributed by atoms with Crippen LogP contribution in [-0.2, 0) is 6.42 Å². The van der Waals surface area contributed by atoms with Crippen molar-refractivity contribution in [3.8, 4) is 11.8 Å². The Morgan fingerprint density at radius 1 is 1.21 bits per heavy atom. The van der Waals surface area contributed by atoms with E-state index in [1.165, 1.54) is 10.9 Å². The largest absolute Gasteiger partial charge is 0.497 e. The van der Waals surface area contributed by atoms with Gasteiger partial charge < -0.3 is 14.7 Å². The van der Waals surface area contributed by atoms with E-state index in [9.17, 15) is 5.11 Å². The molecule has 1 fully saturated rings.